The largest absolute Gasteiger partial charge is 0.0985 e. The third-order valence-electron chi connectivity index (χ3n) is 5.77. The van der Waals surface area contributed by atoms with Crippen LogP contribution in [0.25, 0.3) is 0 Å². The lowest BCUT2D eigenvalue weighted by molar-refractivity contribution is 0.0357. The van der Waals surface area contributed by atoms with Crippen LogP contribution < -0.4 is 0 Å². The van der Waals surface area contributed by atoms with Crippen molar-refractivity contribution >= 4 is 90.4 Å². The van der Waals surface area contributed by atoms with Gasteiger partial charge in [-0.1, -0.05) is 121 Å². The van der Waals surface area contributed by atoms with E-state index in [4.69, 9.17) is 0 Å². The van der Waals surface area contributed by atoms with Crippen molar-refractivity contribution in [1.82, 2.24) is 0 Å². The molecule has 0 N–H and O–H groups in total. The zero-order valence-electron chi connectivity index (χ0n) is 11.0. The van der Waals surface area contributed by atoms with E-state index in [2.05, 4.69) is 121 Å². The molecule has 4 bridgehead atoms. The first-order chi connectivity index (χ1) is 9.41. The maximum absolute atomic E-state index is 2.85. The van der Waals surface area contributed by atoms with Gasteiger partial charge in [0.05, 0.1) is 4.85 Å². The van der Waals surface area contributed by atoms with E-state index < -0.39 is 0 Å². The molecule has 108 valence electrons. The van der Waals surface area contributed by atoms with Crippen molar-refractivity contribution in [1.29, 1.82) is 0 Å². The summed E-state index contributed by atoms with van der Waals surface area (Å²) < 4.78 is 1.62. The van der Waals surface area contributed by atoms with Gasteiger partial charge in [-0.15, -0.1) is 0 Å². The average molecular weight is 716 g/mol. The first kappa shape index (κ1) is 15.7. The molecular weight excluding hydrogens is 700 g/mol. The molecule has 0 aliphatic heterocycles. The van der Waals surface area contributed by atoms with Crippen LogP contribution in [-0.2, 0) is 5.41 Å². The zero-order chi connectivity index (χ0) is 14.2. The van der Waals surface area contributed by atoms with Crippen LogP contribution in [0, 0.1) is 11.8 Å². The minimum atomic E-state index is 0.330. The Balaban J connectivity index is 1.92. The van der Waals surface area contributed by atoms with Gasteiger partial charge < -0.3 is 0 Å². The second-order valence-corrected chi connectivity index (χ2v) is 15.3. The summed E-state index contributed by atoms with van der Waals surface area (Å²) in [4.78, 5) is 0. The molecule has 4 aliphatic carbocycles. The quantitative estimate of drug-likeness (QED) is 0.237. The Bertz CT molecular complexity index is 543. The molecule has 4 saturated carbocycles. The highest BCUT2D eigenvalue weighted by Crippen LogP contribution is 2.75. The Morgan fingerprint density at radius 3 is 2.35 bits per heavy atom. The van der Waals surface area contributed by atoms with Gasteiger partial charge in [-0.25, -0.2) is 0 Å². The van der Waals surface area contributed by atoms with E-state index in [1.54, 1.807) is 5.56 Å². The number of benzene rings is 1. The fourth-order valence-corrected chi connectivity index (χ4v) is 11.8. The topological polar surface area (TPSA) is 0 Å². The van der Waals surface area contributed by atoms with Crippen molar-refractivity contribution in [2.75, 3.05) is 0 Å². The van der Waals surface area contributed by atoms with Crippen LogP contribution in [0.4, 0.5) is 0 Å². The van der Waals surface area contributed by atoms with Crippen LogP contribution in [-0.4, -0.2) is 8.77 Å². The van der Waals surface area contributed by atoms with Crippen LogP contribution in [0.15, 0.2) is 30.3 Å². The molecule has 0 radical (unpaired) electrons. The lowest BCUT2D eigenvalue weighted by Gasteiger charge is -2.69. The first-order valence-corrected chi connectivity index (χ1v) is 11.7. The molecule has 0 nitrogen and oxygen atoms in total. The molecule has 1 aromatic carbocycles. The van der Waals surface area contributed by atoms with Crippen LogP contribution >= 0.6 is 90.4 Å². The molecule has 5 unspecified atom stereocenters. The highest BCUT2D eigenvalue weighted by molar-refractivity contribution is 14.2. The number of hydrogen-bond donors (Lipinski definition) is 0. The average Bonchev–Trinajstić information content (AvgIpc) is 2.44. The fraction of sp³-hybridized carbons (Fsp3) is 0.625. The van der Waals surface area contributed by atoms with Crippen molar-refractivity contribution in [2.45, 2.75) is 39.9 Å². The maximum atomic E-state index is 2.85. The third-order valence-corrected chi connectivity index (χ3v) is 17.0. The van der Waals surface area contributed by atoms with Gasteiger partial charge in [0, 0.05) is 9.34 Å². The van der Waals surface area contributed by atoms with Crippen LogP contribution in [0.3, 0.4) is 0 Å². The molecule has 0 saturated heterocycles. The molecule has 5 rings (SSSR count). The Morgan fingerprint density at radius 2 is 1.65 bits per heavy atom. The van der Waals surface area contributed by atoms with E-state index in [9.17, 15) is 0 Å². The van der Waals surface area contributed by atoms with E-state index in [0.29, 0.717) is 10.3 Å². The Labute approximate surface area is 175 Å². The summed E-state index contributed by atoms with van der Waals surface area (Å²) in [6.07, 6.45) is 5.72. The summed E-state index contributed by atoms with van der Waals surface area (Å²) in [5.41, 5.74) is 1.99. The van der Waals surface area contributed by atoms with E-state index >= 15 is 0 Å². The molecule has 0 amide bonds. The summed E-state index contributed by atoms with van der Waals surface area (Å²) in [7, 11) is 0. The van der Waals surface area contributed by atoms with Gasteiger partial charge in [-0.3, -0.25) is 0 Å². The van der Waals surface area contributed by atoms with Crippen LogP contribution in [0.2, 0.25) is 0 Å². The van der Waals surface area contributed by atoms with Gasteiger partial charge in [0.15, 0.2) is 0 Å². The second kappa shape index (κ2) is 5.07. The summed E-state index contributed by atoms with van der Waals surface area (Å²) >= 11 is 11.3. The minimum Gasteiger partial charge on any atom is -0.0808 e. The normalized spacial score (nSPS) is 48.5. The van der Waals surface area contributed by atoms with E-state index in [-0.39, 0.29) is 0 Å². The lowest BCUT2D eigenvalue weighted by atomic mass is 9.48. The molecule has 4 heteroatoms. The van der Waals surface area contributed by atoms with Gasteiger partial charge in [-0.05, 0) is 43.1 Å². The molecule has 5 atom stereocenters. The predicted octanol–water partition coefficient (Wildman–Crippen LogP) is 6.30. The van der Waals surface area contributed by atoms with Crippen molar-refractivity contribution in [3.05, 3.63) is 35.9 Å². The van der Waals surface area contributed by atoms with E-state index in [0.717, 1.165) is 15.8 Å². The first-order valence-electron chi connectivity index (χ1n) is 7.17. The highest BCUT2D eigenvalue weighted by atomic mass is 127. The molecule has 0 aromatic heterocycles. The Hall–Kier alpha value is 2.14. The second-order valence-electron chi connectivity index (χ2n) is 6.76. The molecule has 4 fully saturated rings. The standard InChI is InChI=1S/C16H16I4/c17-13-11-6-10-7-14(9-11,12-4-2-1-3-5-12)16(19,20)15(13,18)8-10/h1-5,10-11,13H,6-9H2. The summed E-state index contributed by atoms with van der Waals surface area (Å²) in [6, 6.07) is 11.4. The monoisotopic (exact) mass is 716 g/mol. The van der Waals surface area contributed by atoms with Gasteiger partial charge in [-0.2, -0.15) is 0 Å². The third kappa shape index (κ3) is 1.85. The minimum absolute atomic E-state index is 0.330. The summed E-state index contributed by atoms with van der Waals surface area (Å²) in [5.74, 6) is 1.88. The Kier molecular flexibility index (Phi) is 3.97. The summed E-state index contributed by atoms with van der Waals surface area (Å²) in [5, 5.41) is 0. The summed E-state index contributed by atoms with van der Waals surface area (Å²) in [6.45, 7) is 0. The van der Waals surface area contributed by atoms with Crippen LogP contribution in [0.1, 0.15) is 31.2 Å². The molecule has 4 aliphatic rings. The van der Waals surface area contributed by atoms with Gasteiger partial charge in [0.2, 0.25) is 0 Å². The SMILES string of the molecule is IC1C2CC3CC(c4ccccc4)(C2)C(I)(I)C1(I)C3. The van der Waals surface area contributed by atoms with Crippen molar-refractivity contribution in [2.24, 2.45) is 11.8 Å². The number of rotatable bonds is 1. The molecular formula is C16H16I4. The fourth-order valence-electron chi connectivity index (χ4n) is 5.03. The molecule has 0 heterocycles. The molecule has 0 spiro atoms. The van der Waals surface area contributed by atoms with Crippen molar-refractivity contribution < 1.29 is 0 Å². The van der Waals surface area contributed by atoms with Crippen molar-refractivity contribution in [3.63, 3.8) is 0 Å². The van der Waals surface area contributed by atoms with Crippen LogP contribution in [0.5, 0.6) is 0 Å². The Morgan fingerprint density at radius 1 is 0.950 bits per heavy atom. The number of hydrogen-bond acceptors (Lipinski definition) is 0. The van der Waals surface area contributed by atoms with Gasteiger partial charge in [0.1, 0.15) is 0 Å². The highest BCUT2D eigenvalue weighted by Gasteiger charge is 2.73. The predicted molar refractivity (Wildman–Crippen MR) is 119 cm³/mol. The van der Waals surface area contributed by atoms with E-state index in [1.165, 1.54) is 25.7 Å². The van der Waals surface area contributed by atoms with E-state index in [1.807, 2.05) is 0 Å². The molecule has 1 aromatic rings. The van der Waals surface area contributed by atoms with Gasteiger partial charge >= 0.3 is 0 Å². The smallest absolute Gasteiger partial charge is 0.0808 e. The van der Waals surface area contributed by atoms with Crippen molar-refractivity contribution in [3.8, 4) is 0 Å². The molecule has 20 heavy (non-hydrogen) atoms. The number of halogens is 4. The maximum Gasteiger partial charge on any atom is 0.0985 e. The number of alkyl halides is 4. The lowest BCUT2D eigenvalue weighted by Crippen LogP contribution is -2.72. The van der Waals surface area contributed by atoms with Gasteiger partial charge in [0.25, 0.3) is 0 Å². The zero-order valence-corrected chi connectivity index (χ0v) is 19.6.